The van der Waals surface area contributed by atoms with Crippen LogP contribution in [-0.2, 0) is 0 Å². The van der Waals surface area contributed by atoms with Gasteiger partial charge in [0, 0.05) is 29.4 Å². The third-order valence-corrected chi connectivity index (χ3v) is 5.02. The number of benzene rings is 2. The van der Waals surface area contributed by atoms with Gasteiger partial charge < -0.3 is 10.0 Å². The number of amides is 1. The summed E-state index contributed by atoms with van der Waals surface area (Å²) in [6.45, 7) is 1.78. The van der Waals surface area contributed by atoms with E-state index in [1.807, 2.05) is 23.1 Å². The van der Waals surface area contributed by atoms with Gasteiger partial charge in [-0.25, -0.2) is 4.79 Å². The summed E-state index contributed by atoms with van der Waals surface area (Å²) in [5.74, 6) is -0.772. The third kappa shape index (κ3) is 4.11. The lowest BCUT2D eigenvalue weighted by atomic mass is 10.1. The first-order valence-corrected chi connectivity index (χ1v) is 9.50. The summed E-state index contributed by atoms with van der Waals surface area (Å²) < 4.78 is 0. The number of H-pyrrole nitrogens is 2. The van der Waals surface area contributed by atoms with Crippen molar-refractivity contribution < 1.29 is 14.7 Å². The molecule has 29 heavy (non-hydrogen) atoms. The molecule has 0 radical (unpaired) electrons. The van der Waals surface area contributed by atoms with Crippen LogP contribution in [-0.4, -0.2) is 55.4 Å². The standard InChI is InChI=1S/C13H15N3O.C8H6N2O2/c17-13(16-6-2-1-3-7-16)10-4-5-12-11(8-10)9-14-15-12;11-8(12)5-1-2-7-6(3-5)4-9-10-7/h4-5,8-9H,1-3,6-7H2,(H,14,15);1-4H,(H,9,10)(H,11,12). The molecule has 2 aromatic carbocycles. The highest BCUT2D eigenvalue weighted by molar-refractivity contribution is 5.98. The van der Waals surface area contributed by atoms with E-state index in [1.54, 1.807) is 30.6 Å². The number of aromatic amines is 2. The molecule has 1 fully saturated rings. The topological polar surface area (TPSA) is 115 Å². The van der Waals surface area contributed by atoms with Crippen molar-refractivity contribution >= 4 is 33.7 Å². The maximum atomic E-state index is 12.3. The van der Waals surface area contributed by atoms with Gasteiger partial charge in [-0.1, -0.05) is 0 Å². The van der Waals surface area contributed by atoms with Crippen LogP contribution in [0.15, 0.2) is 48.8 Å². The number of aromatic nitrogens is 4. The average molecular weight is 391 g/mol. The Morgan fingerprint density at radius 1 is 0.828 bits per heavy atom. The molecule has 0 spiro atoms. The SMILES string of the molecule is O=C(O)c1ccc2[nH]ncc2c1.O=C(c1ccc2[nH]ncc2c1)N1CCCCC1. The Balaban J connectivity index is 0.000000150. The van der Waals surface area contributed by atoms with E-state index in [0.717, 1.165) is 53.3 Å². The lowest BCUT2D eigenvalue weighted by Gasteiger charge is -2.26. The molecule has 0 atom stereocenters. The van der Waals surface area contributed by atoms with E-state index in [2.05, 4.69) is 20.4 Å². The highest BCUT2D eigenvalue weighted by atomic mass is 16.4. The van der Waals surface area contributed by atoms with Crippen LogP contribution in [0.25, 0.3) is 21.8 Å². The minimum atomic E-state index is -0.918. The molecule has 148 valence electrons. The van der Waals surface area contributed by atoms with Crippen LogP contribution in [0.4, 0.5) is 0 Å². The van der Waals surface area contributed by atoms with E-state index < -0.39 is 5.97 Å². The first-order valence-electron chi connectivity index (χ1n) is 9.50. The van der Waals surface area contributed by atoms with E-state index in [0.29, 0.717) is 0 Å². The van der Waals surface area contributed by atoms with Crippen molar-refractivity contribution in [1.29, 1.82) is 0 Å². The lowest BCUT2D eigenvalue weighted by Crippen LogP contribution is -2.35. The van der Waals surface area contributed by atoms with Gasteiger partial charge in [0.25, 0.3) is 5.91 Å². The Labute approximate surface area is 166 Å². The van der Waals surface area contributed by atoms with E-state index >= 15 is 0 Å². The van der Waals surface area contributed by atoms with Crippen molar-refractivity contribution in [3.8, 4) is 0 Å². The Morgan fingerprint density at radius 3 is 1.97 bits per heavy atom. The summed E-state index contributed by atoms with van der Waals surface area (Å²) in [5.41, 5.74) is 2.87. The number of rotatable bonds is 2. The first-order chi connectivity index (χ1) is 14.1. The van der Waals surface area contributed by atoms with Gasteiger partial charge in [0.1, 0.15) is 0 Å². The van der Waals surface area contributed by atoms with Gasteiger partial charge in [0.2, 0.25) is 0 Å². The van der Waals surface area contributed by atoms with Gasteiger partial charge >= 0.3 is 5.97 Å². The lowest BCUT2D eigenvalue weighted by molar-refractivity contribution is 0.0694. The average Bonchev–Trinajstić information content (AvgIpc) is 3.42. The normalized spacial score (nSPS) is 13.9. The molecule has 8 heteroatoms. The molecule has 0 saturated carbocycles. The van der Waals surface area contributed by atoms with Crippen molar-refractivity contribution in [3.05, 3.63) is 59.9 Å². The monoisotopic (exact) mass is 391 g/mol. The fraction of sp³-hybridized carbons (Fsp3) is 0.238. The second-order valence-electron chi connectivity index (χ2n) is 7.00. The zero-order valence-electron chi connectivity index (χ0n) is 15.8. The molecule has 1 aliphatic heterocycles. The molecule has 1 saturated heterocycles. The van der Waals surface area contributed by atoms with Crippen molar-refractivity contribution in [1.82, 2.24) is 25.3 Å². The maximum absolute atomic E-state index is 12.3. The Kier molecular flexibility index (Phi) is 5.24. The predicted molar refractivity (Wildman–Crippen MR) is 109 cm³/mol. The Morgan fingerprint density at radius 2 is 1.38 bits per heavy atom. The molecule has 8 nitrogen and oxygen atoms in total. The molecule has 2 aromatic heterocycles. The van der Waals surface area contributed by atoms with Crippen molar-refractivity contribution in [2.45, 2.75) is 19.3 Å². The van der Waals surface area contributed by atoms with Crippen LogP contribution in [0.2, 0.25) is 0 Å². The molecule has 0 unspecified atom stereocenters. The number of carbonyl (C=O) groups is 2. The highest BCUT2D eigenvalue weighted by Gasteiger charge is 2.18. The molecule has 1 amide bonds. The zero-order chi connectivity index (χ0) is 20.2. The summed E-state index contributed by atoms with van der Waals surface area (Å²) in [4.78, 5) is 24.7. The van der Waals surface area contributed by atoms with Crippen molar-refractivity contribution in [2.24, 2.45) is 0 Å². The van der Waals surface area contributed by atoms with Gasteiger partial charge in [-0.15, -0.1) is 0 Å². The minimum Gasteiger partial charge on any atom is -0.478 e. The fourth-order valence-corrected chi connectivity index (χ4v) is 3.43. The second kappa shape index (κ2) is 8.14. The predicted octanol–water partition coefficient (Wildman–Crippen LogP) is 3.45. The molecule has 1 aliphatic rings. The molecular formula is C21H21N5O3. The van der Waals surface area contributed by atoms with Crippen LogP contribution < -0.4 is 0 Å². The molecule has 0 bridgehead atoms. The van der Waals surface area contributed by atoms with E-state index in [-0.39, 0.29) is 11.5 Å². The third-order valence-electron chi connectivity index (χ3n) is 5.02. The fourth-order valence-electron chi connectivity index (χ4n) is 3.43. The van der Waals surface area contributed by atoms with Crippen LogP contribution in [0.3, 0.4) is 0 Å². The van der Waals surface area contributed by atoms with Gasteiger partial charge in [-0.2, -0.15) is 10.2 Å². The van der Waals surface area contributed by atoms with Crippen LogP contribution in [0.5, 0.6) is 0 Å². The number of hydrogen-bond donors (Lipinski definition) is 3. The summed E-state index contributed by atoms with van der Waals surface area (Å²) in [7, 11) is 0. The Bertz CT molecular complexity index is 1160. The Hall–Kier alpha value is -3.68. The maximum Gasteiger partial charge on any atom is 0.335 e. The quantitative estimate of drug-likeness (QED) is 0.484. The summed E-state index contributed by atoms with van der Waals surface area (Å²) in [5, 5.41) is 23.8. The van der Waals surface area contributed by atoms with E-state index in [9.17, 15) is 9.59 Å². The van der Waals surface area contributed by atoms with Crippen molar-refractivity contribution in [3.63, 3.8) is 0 Å². The van der Waals surface area contributed by atoms with E-state index in [4.69, 9.17) is 5.11 Å². The molecule has 4 aromatic rings. The van der Waals surface area contributed by atoms with E-state index in [1.165, 1.54) is 6.42 Å². The largest absolute Gasteiger partial charge is 0.478 e. The molecule has 3 N–H and O–H groups in total. The number of aromatic carboxylic acids is 1. The number of carboxylic acid groups (broad SMARTS) is 1. The number of fused-ring (bicyclic) bond motifs is 2. The number of likely N-dealkylation sites (tertiary alicyclic amines) is 1. The molecular weight excluding hydrogens is 370 g/mol. The smallest absolute Gasteiger partial charge is 0.335 e. The van der Waals surface area contributed by atoms with Gasteiger partial charge in [0.05, 0.1) is 29.0 Å². The second-order valence-corrected chi connectivity index (χ2v) is 7.00. The first kappa shape index (κ1) is 18.7. The van der Waals surface area contributed by atoms with Crippen LogP contribution in [0, 0.1) is 0 Å². The van der Waals surface area contributed by atoms with Crippen LogP contribution in [0.1, 0.15) is 40.0 Å². The number of hydrogen-bond acceptors (Lipinski definition) is 4. The summed E-state index contributed by atoms with van der Waals surface area (Å²) in [6.07, 6.45) is 6.84. The molecule has 0 aliphatic carbocycles. The summed E-state index contributed by atoms with van der Waals surface area (Å²) >= 11 is 0. The van der Waals surface area contributed by atoms with Crippen molar-refractivity contribution in [2.75, 3.05) is 13.1 Å². The summed E-state index contributed by atoms with van der Waals surface area (Å²) in [6, 6.07) is 10.5. The highest BCUT2D eigenvalue weighted by Crippen LogP contribution is 2.17. The number of nitrogens with zero attached hydrogens (tertiary/aromatic N) is 3. The molecule has 3 heterocycles. The number of nitrogens with one attached hydrogen (secondary N) is 2. The van der Waals surface area contributed by atoms with Crippen LogP contribution >= 0.6 is 0 Å². The zero-order valence-corrected chi connectivity index (χ0v) is 15.8. The molecule has 5 rings (SSSR count). The van der Waals surface area contributed by atoms with Gasteiger partial charge in [-0.3, -0.25) is 15.0 Å². The minimum absolute atomic E-state index is 0.146. The number of carboxylic acids is 1. The van der Waals surface area contributed by atoms with Gasteiger partial charge in [0.15, 0.2) is 0 Å². The van der Waals surface area contributed by atoms with Gasteiger partial charge in [-0.05, 0) is 55.7 Å². The number of carbonyl (C=O) groups excluding carboxylic acids is 1. The number of piperidine rings is 1.